The van der Waals surface area contributed by atoms with Crippen LogP contribution in [0.4, 0.5) is 17.3 Å². The van der Waals surface area contributed by atoms with Gasteiger partial charge in [0.1, 0.15) is 6.33 Å². The van der Waals surface area contributed by atoms with Crippen molar-refractivity contribution in [3.8, 4) is 0 Å². The molecule has 1 aliphatic heterocycles. The number of nitrogens with two attached hydrogens (primary N) is 1. The zero-order valence-corrected chi connectivity index (χ0v) is 10.3. The third-order valence-electron chi connectivity index (χ3n) is 2.74. The Bertz CT molecular complexity index is 477. The molecular weight excluding hydrogens is 238 g/mol. The molecule has 8 heteroatoms. The van der Waals surface area contributed by atoms with Gasteiger partial charge in [-0.25, -0.2) is 9.97 Å². The molecule has 1 saturated heterocycles. The van der Waals surface area contributed by atoms with Gasteiger partial charge in [0.25, 0.3) is 0 Å². The molecule has 0 spiro atoms. The van der Waals surface area contributed by atoms with E-state index in [9.17, 15) is 10.1 Å². The monoisotopic (exact) mass is 253 g/mol. The maximum absolute atomic E-state index is 11.0. The molecule has 0 bridgehead atoms. The second-order valence-corrected chi connectivity index (χ2v) is 4.72. The van der Waals surface area contributed by atoms with E-state index < -0.39 is 4.92 Å². The van der Waals surface area contributed by atoms with E-state index in [0.717, 1.165) is 0 Å². The molecule has 18 heavy (non-hydrogen) atoms. The Balaban J connectivity index is 2.39. The van der Waals surface area contributed by atoms with Gasteiger partial charge in [-0.1, -0.05) is 0 Å². The van der Waals surface area contributed by atoms with E-state index in [1.165, 1.54) is 6.33 Å². The highest BCUT2D eigenvalue weighted by atomic mass is 16.6. The standard InChI is InChI=1S/C10H15N5O3/c1-10(2)5-14(3-4-18-10)9-7(15(16)17)8(11)12-6-13-9/h6H,3-5H2,1-2H3,(H2,11,12,13). The first-order valence-electron chi connectivity index (χ1n) is 5.54. The van der Waals surface area contributed by atoms with Crippen LogP contribution in [0, 0.1) is 10.1 Å². The summed E-state index contributed by atoms with van der Waals surface area (Å²) >= 11 is 0. The van der Waals surface area contributed by atoms with Crippen molar-refractivity contribution >= 4 is 17.3 Å². The van der Waals surface area contributed by atoms with Crippen LogP contribution >= 0.6 is 0 Å². The highest BCUT2D eigenvalue weighted by Crippen LogP contribution is 2.32. The van der Waals surface area contributed by atoms with E-state index in [0.29, 0.717) is 19.7 Å². The number of aromatic nitrogens is 2. The summed E-state index contributed by atoms with van der Waals surface area (Å²) in [5.41, 5.74) is 4.94. The predicted molar refractivity (Wildman–Crippen MR) is 65.3 cm³/mol. The molecule has 98 valence electrons. The zero-order valence-electron chi connectivity index (χ0n) is 10.3. The lowest BCUT2D eigenvalue weighted by Crippen LogP contribution is -2.48. The maximum atomic E-state index is 11.0. The van der Waals surface area contributed by atoms with Crippen LogP contribution in [0.25, 0.3) is 0 Å². The SMILES string of the molecule is CC1(C)CN(c2ncnc(N)c2[N+](=O)[O-])CCO1. The van der Waals surface area contributed by atoms with Crippen LogP contribution in [0.1, 0.15) is 13.8 Å². The van der Waals surface area contributed by atoms with Gasteiger partial charge in [-0.05, 0) is 13.8 Å². The predicted octanol–water partition coefficient (Wildman–Crippen LogP) is 0.582. The molecule has 8 nitrogen and oxygen atoms in total. The zero-order chi connectivity index (χ0) is 13.3. The fourth-order valence-corrected chi connectivity index (χ4v) is 1.99. The Labute approximate surface area is 104 Å². The van der Waals surface area contributed by atoms with Crippen molar-refractivity contribution in [2.75, 3.05) is 30.3 Å². The third kappa shape index (κ3) is 2.33. The van der Waals surface area contributed by atoms with Gasteiger partial charge < -0.3 is 15.4 Å². The van der Waals surface area contributed by atoms with E-state index in [-0.39, 0.29) is 22.9 Å². The summed E-state index contributed by atoms with van der Waals surface area (Å²) in [6.07, 6.45) is 1.24. The molecule has 0 aliphatic carbocycles. The van der Waals surface area contributed by atoms with Crippen LogP contribution in [0.3, 0.4) is 0 Å². The molecule has 0 radical (unpaired) electrons. The molecule has 0 aromatic carbocycles. The first-order valence-corrected chi connectivity index (χ1v) is 5.54. The summed E-state index contributed by atoms with van der Waals surface area (Å²) in [5.74, 6) is 0.137. The molecule has 2 heterocycles. The molecular formula is C10H15N5O3. The smallest absolute Gasteiger partial charge is 0.353 e. The number of nitro groups is 1. The molecule has 1 fully saturated rings. The molecule has 0 atom stereocenters. The topological polar surface area (TPSA) is 107 Å². The lowest BCUT2D eigenvalue weighted by molar-refractivity contribution is -0.383. The average molecular weight is 253 g/mol. The quantitative estimate of drug-likeness (QED) is 0.606. The van der Waals surface area contributed by atoms with Gasteiger partial charge in [0, 0.05) is 13.1 Å². The van der Waals surface area contributed by atoms with Crippen LogP contribution in [0.2, 0.25) is 0 Å². The highest BCUT2D eigenvalue weighted by molar-refractivity contribution is 5.68. The number of hydrogen-bond acceptors (Lipinski definition) is 7. The Morgan fingerprint density at radius 1 is 1.56 bits per heavy atom. The molecule has 2 N–H and O–H groups in total. The summed E-state index contributed by atoms with van der Waals surface area (Å²) in [6.45, 7) is 5.41. The summed E-state index contributed by atoms with van der Waals surface area (Å²) in [5, 5.41) is 11.0. The summed E-state index contributed by atoms with van der Waals surface area (Å²) in [6, 6.07) is 0. The van der Waals surface area contributed by atoms with Gasteiger partial charge in [0.2, 0.25) is 11.6 Å². The number of nitrogens with zero attached hydrogens (tertiary/aromatic N) is 4. The second-order valence-electron chi connectivity index (χ2n) is 4.72. The molecule has 2 rings (SSSR count). The largest absolute Gasteiger partial charge is 0.378 e. The maximum Gasteiger partial charge on any atom is 0.353 e. The fraction of sp³-hybridized carbons (Fsp3) is 0.600. The molecule has 0 amide bonds. The highest BCUT2D eigenvalue weighted by Gasteiger charge is 2.33. The van der Waals surface area contributed by atoms with Gasteiger partial charge in [-0.2, -0.15) is 0 Å². The fourth-order valence-electron chi connectivity index (χ4n) is 1.99. The minimum atomic E-state index is -0.548. The van der Waals surface area contributed by atoms with E-state index in [1.54, 1.807) is 4.90 Å². The number of nitrogen functional groups attached to an aromatic ring is 1. The molecule has 1 aliphatic rings. The molecule has 1 aromatic rings. The van der Waals surface area contributed by atoms with E-state index in [2.05, 4.69) is 9.97 Å². The number of ether oxygens (including phenoxy) is 1. The summed E-state index contributed by atoms with van der Waals surface area (Å²) in [7, 11) is 0. The molecule has 1 aromatic heterocycles. The van der Waals surface area contributed by atoms with Crippen molar-refractivity contribution in [2.24, 2.45) is 0 Å². The Morgan fingerprint density at radius 2 is 2.28 bits per heavy atom. The van der Waals surface area contributed by atoms with E-state index >= 15 is 0 Å². The minimum Gasteiger partial charge on any atom is -0.378 e. The van der Waals surface area contributed by atoms with Crippen LogP contribution in [-0.4, -0.2) is 40.2 Å². The van der Waals surface area contributed by atoms with Gasteiger partial charge in [0.05, 0.1) is 17.1 Å². The minimum absolute atomic E-state index is 0.116. The van der Waals surface area contributed by atoms with Crippen LogP contribution in [0.15, 0.2) is 6.33 Å². The summed E-state index contributed by atoms with van der Waals surface area (Å²) in [4.78, 5) is 19.9. The molecule has 0 saturated carbocycles. The van der Waals surface area contributed by atoms with Crippen LogP contribution in [0.5, 0.6) is 0 Å². The number of hydrogen-bond donors (Lipinski definition) is 1. The van der Waals surface area contributed by atoms with Crippen LogP contribution < -0.4 is 10.6 Å². The van der Waals surface area contributed by atoms with Crippen molar-refractivity contribution in [3.05, 3.63) is 16.4 Å². The van der Waals surface area contributed by atoms with Gasteiger partial charge >= 0.3 is 5.69 Å². The van der Waals surface area contributed by atoms with Crippen molar-refractivity contribution in [3.63, 3.8) is 0 Å². The average Bonchev–Trinajstić information content (AvgIpc) is 2.26. The van der Waals surface area contributed by atoms with E-state index in [4.69, 9.17) is 10.5 Å². The Kier molecular flexibility index (Phi) is 3.04. The van der Waals surface area contributed by atoms with Gasteiger partial charge in [-0.15, -0.1) is 0 Å². The van der Waals surface area contributed by atoms with Gasteiger partial charge in [0.15, 0.2) is 0 Å². The second kappa shape index (κ2) is 4.37. The lowest BCUT2D eigenvalue weighted by Gasteiger charge is -2.38. The molecule has 0 unspecified atom stereocenters. The normalized spacial score (nSPS) is 18.7. The van der Waals surface area contributed by atoms with Crippen molar-refractivity contribution < 1.29 is 9.66 Å². The number of rotatable bonds is 2. The van der Waals surface area contributed by atoms with Crippen LogP contribution in [-0.2, 0) is 4.74 Å². The van der Waals surface area contributed by atoms with Crippen molar-refractivity contribution in [1.29, 1.82) is 0 Å². The first-order chi connectivity index (χ1) is 8.41. The Hall–Kier alpha value is -1.96. The van der Waals surface area contributed by atoms with E-state index in [1.807, 2.05) is 13.8 Å². The summed E-state index contributed by atoms with van der Waals surface area (Å²) < 4.78 is 5.56. The third-order valence-corrected chi connectivity index (χ3v) is 2.74. The van der Waals surface area contributed by atoms with Crippen molar-refractivity contribution in [1.82, 2.24) is 9.97 Å². The number of anilines is 2. The first kappa shape index (κ1) is 12.5. The lowest BCUT2D eigenvalue weighted by atomic mass is 10.1. The van der Waals surface area contributed by atoms with Gasteiger partial charge in [-0.3, -0.25) is 10.1 Å². The van der Waals surface area contributed by atoms with Crippen molar-refractivity contribution in [2.45, 2.75) is 19.4 Å². The Morgan fingerprint density at radius 3 is 2.89 bits per heavy atom. The number of morpholine rings is 1.